The fourth-order valence-corrected chi connectivity index (χ4v) is 4.04. The molecule has 4 nitrogen and oxygen atoms in total. The standard InChI is InChI=1S/C19H36N2O2/c1-6-14-7-8-16(13-14)20-15-9-11-17(12-10-15)21(5)18(22)23-19(2,3)4/h14-17,20H,6-13H2,1-5H3. The van der Waals surface area contributed by atoms with Crippen LogP contribution in [0.4, 0.5) is 4.79 Å². The molecule has 0 aliphatic heterocycles. The molecule has 1 amide bonds. The molecule has 0 heterocycles. The van der Waals surface area contributed by atoms with E-state index in [0.29, 0.717) is 12.1 Å². The van der Waals surface area contributed by atoms with E-state index < -0.39 is 5.60 Å². The lowest BCUT2D eigenvalue weighted by Gasteiger charge is -2.36. The van der Waals surface area contributed by atoms with E-state index in [9.17, 15) is 4.79 Å². The van der Waals surface area contributed by atoms with Crippen LogP contribution in [0.2, 0.25) is 0 Å². The van der Waals surface area contributed by atoms with Crippen molar-refractivity contribution in [3.05, 3.63) is 0 Å². The first-order chi connectivity index (χ1) is 10.8. The van der Waals surface area contributed by atoms with Gasteiger partial charge in [0.15, 0.2) is 0 Å². The molecule has 4 heteroatoms. The Bertz CT molecular complexity index is 383. The minimum atomic E-state index is -0.414. The summed E-state index contributed by atoms with van der Waals surface area (Å²) in [4.78, 5) is 14.0. The molecule has 134 valence electrons. The van der Waals surface area contributed by atoms with Crippen LogP contribution in [0.25, 0.3) is 0 Å². The van der Waals surface area contributed by atoms with Gasteiger partial charge in [0.1, 0.15) is 5.60 Å². The highest BCUT2D eigenvalue weighted by atomic mass is 16.6. The molecule has 2 aliphatic rings. The Labute approximate surface area is 142 Å². The van der Waals surface area contributed by atoms with Crippen LogP contribution in [0.3, 0.4) is 0 Å². The smallest absolute Gasteiger partial charge is 0.410 e. The second kappa shape index (κ2) is 7.87. The molecule has 1 N–H and O–H groups in total. The maximum Gasteiger partial charge on any atom is 0.410 e. The SMILES string of the molecule is CCC1CCC(NC2CCC(N(C)C(=O)OC(C)(C)C)CC2)C1. The minimum absolute atomic E-state index is 0.185. The van der Waals surface area contributed by atoms with Gasteiger partial charge in [-0.2, -0.15) is 0 Å². The van der Waals surface area contributed by atoms with Gasteiger partial charge in [-0.15, -0.1) is 0 Å². The predicted octanol–water partition coefficient (Wildman–Crippen LogP) is 4.33. The van der Waals surface area contributed by atoms with Crippen molar-refractivity contribution < 1.29 is 9.53 Å². The number of ether oxygens (including phenoxy) is 1. The van der Waals surface area contributed by atoms with E-state index >= 15 is 0 Å². The summed E-state index contributed by atoms with van der Waals surface area (Å²) in [6.45, 7) is 8.07. The molecule has 2 fully saturated rings. The molecule has 0 bridgehead atoms. The van der Waals surface area contributed by atoms with Crippen LogP contribution in [-0.4, -0.2) is 41.8 Å². The lowest BCUT2D eigenvalue weighted by atomic mass is 9.90. The van der Waals surface area contributed by atoms with Gasteiger partial charge in [-0.05, 0) is 71.6 Å². The largest absolute Gasteiger partial charge is 0.444 e. The van der Waals surface area contributed by atoms with E-state index in [4.69, 9.17) is 4.74 Å². The Hall–Kier alpha value is -0.770. The van der Waals surface area contributed by atoms with Crippen molar-refractivity contribution in [2.24, 2.45) is 5.92 Å². The Kier molecular flexibility index (Phi) is 6.35. The van der Waals surface area contributed by atoms with E-state index in [1.165, 1.54) is 38.5 Å². The second-order valence-electron chi connectivity index (χ2n) is 8.55. The summed E-state index contributed by atoms with van der Waals surface area (Å²) in [5, 5.41) is 3.87. The number of carbonyl (C=O) groups is 1. The zero-order chi connectivity index (χ0) is 17.0. The first kappa shape index (κ1) is 18.6. The Morgan fingerprint density at radius 1 is 1.09 bits per heavy atom. The van der Waals surface area contributed by atoms with Gasteiger partial charge in [0.2, 0.25) is 0 Å². The Morgan fingerprint density at radius 2 is 1.70 bits per heavy atom. The average Bonchev–Trinajstić information content (AvgIpc) is 2.93. The number of nitrogens with one attached hydrogen (secondary N) is 1. The molecular weight excluding hydrogens is 288 g/mol. The maximum absolute atomic E-state index is 12.2. The van der Waals surface area contributed by atoms with Gasteiger partial charge in [0.05, 0.1) is 0 Å². The molecule has 2 aliphatic carbocycles. The van der Waals surface area contributed by atoms with Crippen molar-refractivity contribution in [3.63, 3.8) is 0 Å². The summed E-state index contributed by atoms with van der Waals surface area (Å²) in [5.74, 6) is 0.933. The molecular formula is C19H36N2O2. The van der Waals surface area contributed by atoms with Crippen molar-refractivity contribution in [3.8, 4) is 0 Å². The van der Waals surface area contributed by atoms with Crippen LogP contribution < -0.4 is 5.32 Å². The van der Waals surface area contributed by atoms with Crippen molar-refractivity contribution >= 4 is 6.09 Å². The van der Waals surface area contributed by atoms with E-state index in [1.807, 2.05) is 32.7 Å². The number of carbonyl (C=O) groups excluding carboxylic acids is 1. The van der Waals surface area contributed by atoms with Crippen LogP contribution >= 0.6 is 0 Å². The first-order valence-electron chi connectivity index (χ1n) is 9.50. The van der Waals surface area contributed by atoms with Crippen molar-refractivity contribution in [1.29, 1.82) is 0 Å². The Morgan fingerprint density at radius 3 is 2.22 bits per heavy atom. The summed E-state index contributed by atoms with van der Waals surface area (Å²) in [5.41, 5.74) is -0.414. The van der Waals surface area contributed by atoms with Gasteiger partial charge in [-0.3, -0.25) is 0 Å². The minimum Gasteiger partial charge on any atom is -0.444 e. The number of amides is 1. The van der Waals surface area contributed by atoms with Crippen molar-refractivity contribution in [2.45, 2.75) is 103 Å². The molecule has 0 aromatic rings. The molecule has 0 radical (unpaired) electrons. The van der Waals surface area contributed by atoms with E-state index in [2.05, 4.69) is 12.2 Å². The van der Waals surface area contributed by atoms with E-state index in [1.54, 1.807) is 0 Å². The highest BCUT2D eigenvalue weighted by Gasteiger charge is 2.31. The summed E-state index contributed by atoms with van der Waals surface area (Å²) in [6.07, 6.45) is 9.74. The Balaban J connectivity index is 1.72. The van der Waals surface area contributed by atoms with Gasteiger partial charge in [-0.25, -0.2) is 4.79 Å². The molecule has 0 aromatic heterocycles. The average molecular weight is 325 g/mol. The number of rotatable bonds is 4. The fraction of sp³-hybridized carbons (Fsp3) is 0.947. The third-order valence-corrected chi connectivity index (χ3v) is 5.52. The van der Waals surface area contributed by atoms with Crippen LogP contribution in [0.5, 0.6) is 0 Å². The molecule has 2 atom stereocenters. The van der Waals surface area contributed by atoms with E-state index in [-0.39, 0.29) is 6.09 Å². The highest BCUT2D eigenvalue weighted by Crippen LogP contribution is 2.30. The first-order valence-corrected chi connectivity index (χ1v) is 9.50. The number of nitrogens with zero attached hydrogens (tertiary/aromatic N) is 1. The van der Waals surface area contributed by atoms with Crippen molar-refractivity contribution in [1.82, 2.24) is 10.2 Å². The molecule has 2 unspecified atom stereocenters. The van der Waals surface area contributed by atoms with Crippen LogP contribution in [0.1, 0.15) is 79.1 Å². The molecule has 0 spiro atoms. The maximum atomic E-state index is 12.2. The van der Waals surface area contributed by atoms with Crippen molar-refractivity contribution in [2.75, 3.05) is 7.05 Å². The van der Waals surface area contributed by atoms with Gasteiger partial charge >= 0.3 is 6.09 Å². The summed E-state index contributed by atoms with van der Waals surface area (Å²) < 4.78 is 5.48. The second-order valence-corrected chi connectivity index (χ2v) is 8.55. The fourth-order valence-electron chi connectivity index (χ4n) is 4.04. The lowest BCUT2D eigenvalue weighted by molar-refractivity contribution is 0.0178. The van der Waals surface area contributed by atoms with Gasteiger partial charge in [0, 0.05) is 25.2 Å². The van der Waals surface area contributed by atoms with Gasteiger partial charge in [-0.1, -0.05) is 13.3 Å². The monoisotopic (exact) mass is 324 g/mol. The zero-order valence-electron chi connectivity index (χ0n) is 15.7. The normalized spacial score (nSPS) is 31.9. The summed E-state index contributed by atoms with van der Waals surface area (Å²) in [7, 11) is 1.88. The summed E-state index contributed by atoms with van der Waals surface area (Å²) >= 11 is 0. The van der Waals surface area contributed by atoms with Crippen LogP contribution in [-0.2, 0) is 4.74 Å². The number of hydrogen-bond acceptors (Lipinski definition) is 3. The predicted molar refractivity (Wildman–Crippen MR) is 94.6 cm³/mol. The molecule has 0 aromatic carbocycles. The molecule has 2 saturated carbocycles. The molecule has 23 heavy (non-hydrogen) atoms. The highest BCUT2D eigenvalue weighted by molar-refractivity contribution is 5.68. The summed E-state index contributed by atoms with van der Waals surface area (Å²) in [6, 6.07) is 1.69. The third-order valence-electron chi connectivity index (χ3n) is 5.52. The molecule has 0 saturated heterocycles. The molecule has 2 rings (SSSR count). The zero-order valence-corrected chi connectivity index (χ0v) is 15.7. The lowest BCUT2D eigenvalue weighted by Crippen LogP contribution is -2.46. The van der Waals surface area contributed by atoms with Crippen LogP contribution in [0.15, 0.2) is 0 Å². The quantitative estimate of drug-likeness (QED) is 0.836. The third kappa shape index (κ3) is 5.66. The topological polar surface area (TPSA) is 41.6 Å². The van der Waals surface area contributed by atoms with Gasteiger partial charge in [0.25, 0.3) is 0 Å². The van der Waals surface area contributed by atoms with Crippen LogP contribution in [0, 0.1) is 5.92 Å². The van der Waals surface area contributed by atoms with Gasteiger partial charge < -0.3 is 15.0 Å². The number of hydrogen-bond donors (Lipinski definition) is 1. The van der Waals surface area contributed by atoms with E-state index in [0.717, 1.165) is 24.8 Å².